The molecule has 0 aliphatic rings. The maximum Gasteiger partial charge on any atom is 0.217 e. The van der Waals surface area contributed by atoms with Gasteiger partial charge in [0.2, 0.25) is 3.79 Å². The van der Waals surface area contributed by atoms with Gasteiger partial charge in [0.15, 0.2) is 5.78 Å². The lowest BCUT2D eigenvalue weighted by molar-refractivity contribution is 0.0906. The highest BCUT2D eigenvalue weighted by molar-refractivity contribution is 9.10. The Morgan fingerprint density at radius 3 is 2.28 bits per heavy atom. The number of carbonyl (C=O) groups is 1. The summed E-state index contributed by atoms with van der Waals surface area (Å²) in [6.07, 6.45) is -1.51. The Hall–Kier alpha value is 0.780. The van der Waals surface area contributed by atoms with Gasteiger partial charge in [-0.2, -0.15) is 0 Å². The van der Waals surface area contributed by atoms with Crippen LogP contribution in [0.15, 0.2) is 18.2 Å². The van der Waals surface area contributed by atoms with Gasteiger partial charge in [0, 0.05) is 10.6 Å². The maximum atomic E-state index is 12.1. The van der Waals surface area contributed by atoms with Crippen molar-refractivity contribution in [3.63, 3.8) is 0 Å². The number of hydrogen-bond acceptors (Lipinski definition) is 2. The highest BCUT2D eigenvalue weighted by Crippen LogP contribution is 2.35. The third kappa shape index (κ3) is 4.14. The number of aliphatic hydroxyl groups excluding tert-OH is 1. The summed E-state index contributed by atoms with van der Waals surface area (Å²) in [5.41, 5.74) is 0.177. The van der Waals surface area contributed by atoms with E-state index < -0.39 is 20.5 Å². The number of benzene rings is 1. The van der Waals surface area contributed by atoms with Gasteiger partial charge in [-0.15, -0.1) is 0 Å². The van der Waals surface area contributed by atoms with E-state index >= 15 is 0 Å². The minimum Gasteiger partial charge on any atom is -0.387 e. The van der Waals surface area contributed by atoms with E-state index in [1.54, 1.807) is 0 Å². The summed E-state index contributed by atoms with van der Waals surface area (Å²) in [5.74, 6) is -0.504. The van der Waals surface area contributed by atoms with Crippen molar-refractivity contribution in [2.24, 2.45) is 0 Å². The van der Waals surface area contributed by atoms with Gasteiger partial charge in [-0.05, 0) is 18.2 Å². The quantitative estimate of drug-likeness (QED) is 0.576. The van der Waals surface area contributed by atoms with Crippen molar-refractivity contribution in [1.82, 2.24) is 0 Å². The first-order chi connectivity index (χ1) is 8.14. The molecule has 0 radical (unpaired) electrons. The van der Waals surface area contributed by atoms with Crippen LogP contribution in [0.3, 0.4) is 0 Å². The zero-order valence-corrected chi connectivity index (χ0v) is 13.9. The lowest BCUT2D eigenvalue weighted by atomic mass is 10.1. The molecule has 0 saturated carbocycles. The van der Waals surface area contributed by atoms with Crippen LogP contribution in [0.25, 0.3) is 0 Å². The van der Waals surface area contributed by atoms with Crippen LogP contribution in [0.2, 0.25) is 10.0 Å². The van der Waals surface area contributed by atoms with Crippen LogP contribution in [-0.4, -0.2) is 25.6 Å². The van der Waals surface area contributed by atoms with E-state index in [1.807, 2.05) is 0 Å². The van der Waals surface area contributed by atoms with Gasteiger partial charge >= 0.3 is 0 Å². The number of Topliss-reactive ketones (excluding diaryl/α,β-unsaturated/α-hetero) is 1. The van der Waals surface area contributed by atoms with Crippen molar-refractivity contribution >= 4 is 79.7 Å². The SMILES string of the molecule is O=C(c1ccc(Cl)cc1Cl)[C@H](Br)[C@H](O)C(Cl)(Cl)Cl. The lowest BCUT2D eigenvalue weighted by Crippen LogP contribution is -2.38. The Balaban J connectivity index is 3.00. The summed E-state index contributed by atoms with van der Waals surface area (Å²) in [6, 6.07) is 4.35. The number of rotatable bonds is 3. The van der Waals surface area contributed by atoms with Gasteiger partial charge in [0.1, 0.15) is 10.9 Å². The van der Waals surface area contributed by atoms with Crippen molar-refractivity contribution in [2.75, 3.05) is 0 Å². The lowest BCUT2D eigenvalue weighted by Gasteiger charge is -2.23. The monoisotopic (exact) mass is 412 g/mol. The molecule has 1 aromatic carbocycles. The Morgan fingerprint density at radius 1 is 1.28 bits per heavy atom. The van der Waals surface area contributed by atoms with Crippen LogP contribution in [0, 0.1) is 0 Å². The van der Waals surface area contributed by atoms with Gasteiger partial charge in [0.25, 0.3) is 0 Å². The zero-order valence-electron chi connectivity index (χ0n) is 8.51. The smallest absolute Gasteiger partial charge is 0.217 e. The van der Waals surface area contributed by atoms with Crippen LogP contribution in [-0.2, 0) is 0 Å². The van der Waals surface area contributed by atoms with E-state index in [9.17, 15) is 9.90 Å². The van der Waals surface area contributed by atoms with E-state index in [2.05, 4.69) is 15.9 Å². The molecule has 8 heteroatoms. The number of aliphatic hydroxyl groups is 1. The second-order valence-electron chi connectivity index (χ2n) is 3.38. The largest absolute Gasteiger partial charge is 0.387 e. The van der Waals surface area contributed by atoms with Crippen molar-refractivity contribution in [3.8, 4) is 0 Å². The first kappa shape index (κ1) is 16.8. The molecule has 0 bridgehead atoms. The second kappa shape index (κ2) is 6.49. The summed E-state index contributed by atoms with van der Waals surface area (Å²) in [7, 11) is 0. The molecule has 0 unspecified atom stereocenters. The highest BCUT2D eigenvalue weighted by atomic mass is 79.9. The van der Waals surface area contributed by atoms with Gasteiger partial charge in [-0.25, -0.2) is 0 Å². The van der Waals surface area contributed by atoms with E-state index in [0.29, 0.717) is 5.02 Å². The topological polar surface area (TPSA) is 37.3 Å². The third-order valence-electron chi connectivity index (χ3n) is 2.06. The van der Waals surface area contributed by atoms with Crippen LogP contribution < -0.4 is 0 Å². The molecule has 0 spiro atoms. The van der Waals surface area contributed by atoms with Gasteiger partial charge in [-0.3, -0.25) is 4.79 Å². The zero-order chi connectivity index (χ0) is 14.1. The molecule has 0 saturated heterocycles. The molecule has 100 valence electrons. The van der Waals surface area contributed by atoms with Crippen LogP contribution in [0.5, 0.6) is 0 Å². The van der Waals surface area contributed by atoms with Crippen molar-refractivity contribution in [2.45, 2.75) is 14.7 Å². The van der Waals surface area contributed by atoms with Crippen LogP contribution in [0.4, 0.5) is 0 Å². The van der Waals surface area contributed by atoms with Crippen LogP contribution in [0.1, 0.15) is 10.4 Å². The average Bonchev–Trinajstić information content (AvgIpc) is 2.25. The molecule has 0 fully saturated rings. The van der Waals surface area contributed by atoms with Gasteiger partial charge in [-0.1, -0.05) is 73.9 Å². The molecule has 1 N–H and O–H groups in total. The van der Waals surface area contributed by atoms with Crippen molar-refractivity contribution in [3.05, 3.63) is 33.8 Å². The van der Waals surface area contributed by atoms with Gasteiger partial charge in [0.05, 0.1) is 5.02 Å². The third-order valence-corrected chi connectivity index (χ3v) is 4.19. The summed E-state index contributed by atoms with van der Waals surface area (Å²) in [4.78, 5) is 11.0. The standard InChI is InChI=1S/C10H6BrCl5O2/c11-7(9(18)10(14,15)16)8(17)5-2-1-4(12)3-6(5)13/h1-3,7,9,18H/t7-,9-/m0/s1. The Bertz CT molecular complexity index is 460. The number of hydrogen-bond donors (Lipinski definition) is 1. The molecule has 2 atom stereocenters. The Labute approximate surface area is 137 Å². The fourth-order valence-electron chi connectivity index (χ4n) is 1.15. The minimum atomic E-state index is -1.98. The summed E-state index contributed by atoms with van der Waals surface area (Å²) in [5, 5.41) is 10.3. The van der Waals surface area contributed by atoms with E-state index in [1.165, 1.54) is 18.2 Å². The molecule has 0 amide bonds. The second-order valence-corrected chi connectivity index (χ2v) is 7.58. The normalized spacial score (nSPS) is 15.3. The number of ketones is 1. The average molecular weight is 415 g/mol. The van der Waals surface area contributed by atoms with E-state index in [0.717, 1.165) is 0 Å². The number of halogens is 6. The molecular weight excluding hydrogens is 409 g/mol. The van der Waals surface area contributed by atoms with E-state index in [4.69, 9.17) is 58.0 Å². The molecule has 18 heavy (non-hydrogen) atoms. The van der Waals surface area contributed by atoms with Gasteiger partial charge < -0.3 is 5.11 Å². The molecule has 0 heterocycles. The Kier molecular flexibility index (Phi) is 6.07. The first-order valence-corrected chi connectivity index (χ1v) is 7.33. The summed E-state index contributed by atoms with van der Waals surface area (Å²) < 4.78 is -1.98. The minimum absolute atomic E-state index is 0.161. The van der Waals surface area contributed by atoms with Crippen molar-refractivity contribution in [1.29, 1.82) is 0 Å². The van der Waals surface area contributed by atoms with E-state index in [-0.39, 0.29) is 10.6 Å². The fourth-order valence-corrected chi connectivity index (χ4v) is 3.13. The molecule has 0 aliphatic heterocycles. The highest BCUT2D eigenvalue weighted by Gasteiger charge is 2.40. The number of carbonyl (C=O) groups excluding carboxylic acids is 1. The fraction of sp³-hybridized carbons (Fsp3) is 0.300. The van der Waals surface area contributed by atoms with Crippen molar-refractivity contribution < 1.29 is 9.90 Å². The van der Waals surface area contributed by atoms with Crippen LogP contribution >= 0.6 is 73.9 Å². The predicted octanol–water partition coefficient (Wildman–Crippen LogP) is 4.67. The maximum absolute atomic E-state index is 12.1. The molecular formula is C10H6BrCl5O2. The first-order valence-electron chi connectivity index (χ1n) is 4.52. The predicted molar refractivity (Wildman–Crippen MR) is 79.8 cm³/mol. The Morgan fingerprint density at radius 2 is 1.83 bits per heavy atom. The molecule has 2 nitrogen and oxygen atoms in total. The summed E-state index contributed by atoms with van der Waals surface area (Å²) >= 11 is 31.1. The molecule has 0 aliphatic carbocycles. The molecule has 0 aromatic heterocycles. The molecule has 1 aromatic rings. The summed E-state index contributed by atoms with van der Waals surface area (Å²) in [6.45, 7) is 0. The number of alkyl halides is 4. The molecule has 1 rings (SSSR count).